The molecule has 17 nitrogen and oxygen atoms in total. The molecule has 1 atom stereocenters. The maximum Gasteiger partial charge on any atom is 1.00 e. The Bertz CT molecular complexity index is 4020. The third-order valence-electron chi connectivity index (χ3n) is 15.0. The van der Waals surface area contributed by atoms with Gasteiger partial charge < -0.3 is 34.5 Å². The fraction of sp³-hybridized carbons (Fsp3) is 0.386. The van der Waals surface area contributed by atoms with Crippen LogP contribution in [0.15, 0.2) is 111 Å². The fourth-order valence-electron chi connectivity index (χ4n) is 10.6. The maximum atomic E-state index is 13.8. The van der Waals surface area contributed by atoms with Gasteiger partial charge >= 0.3 is 25.0 Å². The first-order chi connectivity index (χ1) is 41.8. The molecule has 89 heavy (non-hydrogen) atoms. The number of rotatable bonds is 9. The van der Waals surface area contributed by atoms with Gasteiger partial charge in [0.05, 0.1) is 39.6 Å². The first-order valence-corrected chi connectivity index (χ1v) is 30.8. The summed E-state index contributed by atoms with van der Waals surface area (Å²) in [6.07, 6.45) is 13.6. The van der Waals surface area contributed by atoms with E-state index >= 15 is 0 Å². The summed E-state index contributed by atoms with van der Waals surface area (Å²) in [6.45, 7) is 30.0. The summed E-state index contributed by atoms with van der Waals surface area (Å²) in [5, 5.41) is 21.0. The number of ether oxygens (including phenoxy) is 2. The minimum absolute atomic E-state index is 0. The van der Waals surface area contributed by atoms with E-state index < -0.39 is 17.3 Å². The van der Waals surface area contributed by atoms with Crippen LogP contribution in [0.2, 0.25) is 0 Å². The van der Waals surface area contributed by atoms with Crippen LogP contribution >= 0.6 is 15.9 Å². The zero-order chi connectivity index (χ0) is 63.4. The smallest absolute Gasteiger partial charge is 0.443 e. The number of H-pyrrole nitrogens is 1. The van der Waals surface area contributed by atoms with Gasteiger partial charge in [0, 0.05) is 92.7 Å². The number of aryl methyl sites for hydroxylation is 8. The molecule has 10 aromatic rings. The van der Waals surface area contributed by atoms with Gasteiger partial charge in [-0.25, -0.2) is 19.3 Å². The predicted molar refractivity (Wildman–Crippen MR) is 345 cm³/mol. The third kappa shape index (κ3) is 16.3. The first kappa shape index (κ1) is 67.5. The molecule has 0 amide bonds. The molecule has 0 spiro atoms. The Morgan fingerprint density at radius 2 is 1.20 bits per heavy atom. The number of halogens is 1. The number of nitrogens with zero attached hydrogens (tertiary/aromatic N) is 9. The van der Waals surface area contributed by atoms with Crippen LogP contribution in [0.25, 0.3) is 44.3 Å². The van der Waals surface area contributed by atoms with Gasteiger partial charge in [-0.2, -0.15) is 20.8 Å². The van der Waals surface area contributed by atoms with E-state index in [1.54, 1.807) is 36.9 Å². The van der Waals surface area contributed by atoms with Gasteiger partial charge in [-0.3, -0.25) is 24.7 Å². The minimum atomic E-state index is -1.48. The van der Waals surface area contributed by atoms with Crippen LogP contribution in [0.4, 0.5) is 4.79 Å². The summed E-state index contributed by atoms with van der Waals surface area (Å²) in [6, 6.07) is 22.7. The number of nitrogens with one attached hydrogen (secondary N) is 1. The number of aromatic amines is 1. The van der Waals surface area contributed by atoms with E-state index in [9.17, 15) is 14.7 Å². The summed E-state index contributed by atoms with van der Waals surface area (Å²) in [5.74, 6) is 4.79. The summed E-state index contributed by atoms with van der Waals surface area (Å²) < 4.78 is 24.4. The van der Waals surface area contributed by atoms with Crippen LogP contribution < -0.4 is 18.9 Å². The van der Waals surface area contributed by atoms with E-state index in [4.69, 9.17) is 28.5 Å². The Hall–Kier alpha value is -7.46. The number of fused-ring (bicyclic) bond motifs is 2. The van der Waals surface area contributed by atoms with E-state index in [1.807, 2.05) is 131 Å². The number of imidazole rings is 2. The zero-order valence-corrected chi connectivity index (χ0v) is 55.8. The second-order valence-electron chi connectivity index (χ2n) is 24.7. The third-order valence-corrected chi connectivity index (χ3v) is 15.4. The van der Waals surface area contributed by atoms with Gasteiger partial charge in [0.25, 0.3) is 0 Å². The van der Waals surface area contributed by atoms with Crippen molar-refractivity contribution >= 4 is 49.9 Å². The molecule has 3 fully saturated rings. The quantitative estimate of drug-likeness (QED) is 0.0779. The average Bonchev–Trinajstić information content (AvgIpc) is 1.77. The Kier molecular flexibility index (Phi) is 21.7. The van der Waals surface area contributed by atoms with Gasteiger partial charge in [0.2, 0.25) is 0 Å². The van der Waals surface area contributed by atoms with Crippen LogP contribution in [0.3, 0.4) is 0 Å². The van der Waals surface area contributed by atoms with Crippen molar-refractivity contribution in [1.29, 1.82) is 0 Å². The summed E-state index contributed by atoms with van der Waals surface area (Å²) in [5.41, 5.74) is 11.9. The number of ketones is 1. The van der Waals surface area contributed by atoms with E-state index in [-0.39, 0.29) is 30.6 Å². The molecular formula is C70H80BrLiN10O7. The molecule has 19 heteroatoms. The number of hydrogen-bond donors (Lipinski definition) is 2. The van der Waals surface area contributed by atoms with Gasteiger partial charge in [-0.1, -0.05) is 26.2 Å². The number of pyridine rings is 4. The zero-order valence-electron chi connectivity index (χ0n) is 54.2. The molecule has 13 rings (SSSR count). The predicted octanol–water partition coefficient (Wildman–Crippen LogP) is 13.3. The van der Waals surface area contributed by atoms with Crippen LogP contribution in [-0.2, 0) is 15.1 Å². The standard InChI is InChI=1S/C28H27N5O2.C27H28N4O4.C6H6BrN.C5H10O.C4H9.Li/c1-15-11-21(7-9-29-15)28(34,22-8-10-30-16(2)12-22)23-13-20(25-17(3)33-35-18(25)4)14-24-26(23)32-27(31-24)19-5-6-19;1-14-11-18(9-10-28-14)24(32)20-12-19(22-15(2)30-35-16(22)3)13-21-23(20)29-25(17-7-8-17)31(21)26(33)34-27(4,5)6;1-5-4-6(7)2-3-8-5;1-5-3-2-4-6-5;1-4(2)3;/h7-14,19,34H,5-6H2,1-4H3,(H,31,32);9-13,17H,7-8H2,1-6H3;2-4H,1H3;5H,2-4H2,1H3;1-3H3;/q;;;;-1;+1. The van der Waals surface area contributed by atoms with Gasteiger partial charge in [-0.05, 0) is 217 Å². The van der Waals surface area contributed by atoms with Crippen LogP contribution in [-0.4, -0.2) is 85.1 Å². The molecule has 0 radical (unpaired) electrons. The van der Waals surface area contributed by atoms with E-state index in [2.05, 4.69) is 84.9 Å². The van der Waals surface area contributed by atoms with Gasteiger partial charge in [0.1, 0.15) is 39.9 Å². The van der Waals surface area contributed by atoms with Crippen molar-refractivity contribution in [2.45, 2.75) is 172 Å². The Labute approximate surface area is 542 Å². The fourth-order valence-corrected chi connectivity index (χ4v) is 11.1. The minimum Gasteiger partial charge on any atom is -0.443 e. The number of hydrogen-bond acceptors (Lipinski definition) is 15. The second-order valence-corrected chi connectivity index (χ2v) is 25.6. The molecule has 8 aromatic heterocycles. The normalized spacial score (nSPS) is 14.6. The van der Waals surface area contributed by atoms with Crippen LogP contribution in [0, 0.1) is 61.3 Å². The molecule has 1 unspecified atom stereocenters. The van der Waals surface area contributed by atoms with Crippen LogP contribution in [0.1, 0.15) is 189 Å². The number of carbonyl (C=O) groups excluding carboxylic acids is 2. The number of aromatic nitrogens is 10. The van der Waals surface area contributed by atoms with Crippen molar-refractivity contribution in [3.63, 3.8) is 0 Å². The van der Waals surface area contributed by atoms with E-state index in [0.29, 0.717) is 57.0 Å². The van der Waals surface area contributed by atoms with Crippen molar-refractivity contribution < 1.29 is 52.1 Å². The molecule has 3 aliphatic rings. The topological polar surface area (TPSA) is 223 Å². The van der Waals surface area contributed by atoms with Crippen molar-refractivity contribution in [2.75, 3.05) is 6.61 Å². The molecule has 2 aliphatic carbocycles. The molecule has 1 aliphatic heterocycles. The van der Waals surface area contributed by atoms with Gasteiger partial charge in [0.15, 0.2) is 5.78 Å². The Morgan fingerprint density at radius 1 is 0.674 bits per heavy atom. The Morgan fingerprint density at radius 3 is 1.64 bits per heavy atom. The largest absolute Gasteiger partial charge is 1.00 e. The van der Waals surface area contributed by atoms with Crippen molar-refractivity contribution in [1.82, 2.24) is 49.8 Å². The molecule has 2 saturated carbocycles. The number of benzene rings is 2. The first-order valence-electron chi connectivity index (χ1n) is 30.0. The summed E-state index contributed by atoms with van der Waals surface area (Å²) in [4.78, 5) is 57.5. The van der Waals surface area contributed by atoms with Crippen molar-refractivity contribution in [3.8, 4) is 22.3 Å². The molecule has 9 heterocycles. The monoisotopic (exact) mass is 1260 g/mol. The van der Waals surface area contributed by atoms with Gasteiger partial charge in [-0.15, -0.1) is 0 Å². The summed E-state index contributed by atoms with van der Waals surface area (Å²) >= 11 is 3.32. The average molecular weight is 1260 g/mol. The molecular weight excluding hydrogens is 1180 g/mol. The van der Waals surface area contributed by atoms with E-state index in [1.165, 1.54) is 23.3 Å². The second kappa shape index (κ2) is 28.6. The molecule has 2 N–H and O–H groups in total. The maximum absolute atomic E-state index is 13.8. The Balaban J connectivity index is 0.000000178. The van der Waals surface area contributed by atoms with E-state index in [0.717, 1.165) is 121 Å². The molecule has 2 aromatic carbocycles. The molecule has 0 bridgehead atoms. The van der Waals surface area contributed by atoms with Crippen LogP contribution in [0.5, 0.6) is 0 Å². The molecule has 460 valence electrons. The summed E-state index contributed by atoms with van der Waals surface area (Å²) in [7, 11) is 0. The molecule has 1 saturated heterocycles. The SMILES string of the molecule is CC1CCCO1.C[C-](C)C.Cc1cc(Br)ccn1.Cc1cc(C(=O)c2cc(-c3c(C)noc3C)cc3c2nc(C2CC2)n3C(=O)OC(C)(C)C)ccn1.Cc1cc(C(O)(c2ccnc(C)c2)c2cc(-c3c(C)noc3C)cc3[nH]c(C4CC4)nc23)ccn1.[Li+]. The van der Waals surface area contributed by atoms with Crippen molar-refractivity contribution in [2.24, 2.45) is 0 Å². The number of carbonyl (C=O) groups is 2. The van der Waals surface area contributed by atoms with Crippen molar-refractivity contribution in [3.05, 3.63) is 193 Å². The number of aliphatic hydroxyl groups is 1.